The highest BCUT2D eigenvalue weighted by Gasteiger charge is 2.17. The summed E-state index contributed by atoms with van der Waals surface area (Å²) < 4.78 is 1.29. The van der Waals surface area contributed by atoms with Crippen molar-refractivity contribution in [1.82, 2.24) is 0 Å². The smallest absolute Gasteiger partial charge is 0.423 e. The second kappa shape index (κ2) is 4.50. The zero-order valence-electron chi connectivity index (χ0n) is 9.64. The van der Waals surface area contributed by atoms with E-state index in [1.54, 1.807) is 6.07 Å². The number of benzene rings is 1. The topological polar surface area (TPSA) is 64.2 Å². The van der Waals surface area contributed by atoms with Crippen LogP contribution in [0.25, 0.3) is 10.1 Å². The van der Waals surface area contributed by atoms with Crippen LogP contribution in [0, 0.1) is 11.3 Å². The second-order valence-corrected chi connectivity index (χ2v) is 5.36. The number of rotatable bonds is 2. The molecule has 0 atom stereocenters. The summed E-state index contributed by atoms with van der Waals surface area (Å²) in [6.45, 7) is 4.13. The molecule has 1 heterocycles. The van der Waals surface area contributed by atoms with Gasteiger partial charge in [-0.1, -0.05) is 13.8 Å². The van der Waals surface area contributed by atoms with Crippen LogP contribution in [0.5, 0.6) is 0 Å². The van der Waals surface area contributed by atoms with Crippen molar-refractivity contribution in [3.63, 3.8) is 0 Å². The molecule has 3 nitrogen and oxygen atoms in total. The summed E-state index contributed by atoms with van der Waals surface area (Å²) >= 11 is 1.25. The van der Waals surface area contributed by atoms with Gasteiger partial charge in [-0.3, -0.25) is 0 Å². The van der Waals surface area contributed by atoms with E-state index < -0.39 is 7.12 Å². The van der Waals surface area contributed by atoms with Crippen molar-refractivity contribution in [3.05, 3.63) is 29.3 Å². The van der Waals surface area contributed by atoms with Gasteiger partial charge in [-0.15, -0.1) is 11.3 Å². The highest BCUT2D eigenvalue weighted by Crippen LogP contribution is 2.28. The van der Waals surface area contributed by atoms with Gasteiger partial charge in [-0.25, -0.2) is 0 Å². The van der Waals surface area contributed by atoms with Crippen LogP contribution < -0.4 is 4.78 Å². The summed E-state index contributed by atoms with van der Waals surface area (Å²) in [6, 6.07) is 7.77. The van der Waals surface area contributed by atoms with Crippen molar-refractivity contribution in [2.75, 3.05) is 0 Å². The lowest BCUT2D eigenvalue weighted by atomic mass is 9.89. The van der Waals surface area contributed by atoms with Crippen LogP contribution in [0.1, 0.15) is 30.9 Å². The summed E-state index contributed by atoms with van der Waals surface area (Å²) in [5, 5.41) is 28.3. The average Bonchev–Trinajstić information content (AvgIpc) is 2.71. The molecule has 1 aromatic carbocycles. The average molecular weight is 245 g/mol. The van der Waals surface area contributed by atoms with Gasteiger partial charge in [0, 0.05) is 4.78 Å². The predicted molar refractivity (Wildman–Crippen MR) is 70.5 cm³/mol. The molecule has 0 radical (unpaired) electrons. The second-order valence-electron chi connectivity index (χ2n) is 4.28. The van der Waals surface area contributed by atoms with Gasteiger partial charge in [-0.05, 0) is 35.1 Å². The maximum Gasteiger partial charge on any atom is 0.499 e. The number of thiophene rings is 1. The minimum atomic E-state index is -1.47. The first-order valence-corrected chi connectivity index (χ1v) is 6.18. The molecule has 0 aliphatic heterocycles. The fourth-order valence-electron chi connectivity index (χ4n) is 1.74. The van der Waals surface area contributed by atoms with Crippen molar-refractivity contribution in [1.29, 1.82) is 5.26 Å². The molecule has 0 aliphatic carbocycles. The van der Waals surface area contributed by atoms with E-state index in [9.17, 15) is 0 Å². The van der Waals surface area contributed by atoms with E-state index in [1.165, 1.54) is 11.3 Å². The van der Waals surface area contributed by atoms with Gasteiger partial charge in [0.05, 0.1) is 10.3 Å². The Morgan fingerprint density at radius 3 is 2.53 bits per heavy atom. The molecule has 0 saturated carbocycles. The third-order valence-electron chi connectivity index (χ3n) is 2.70. The van der Waals surface area contributed by atoms with E-state index in [0.29, 0.717) is 16.3 Å². The fraction of sp³-hybridized carbons (Fsp3) is 0.250. The molecule has 0 aliphatic rings. The van der Waals surface area contributed by atoms with Gasteiger partial charge in [0.2, 0.25) is 0 Å². The van der Waals surface area contributed by atoms with Gasteiger partial charge in [-0.2, -0.15) is 5.26 Å². The van der Waals surface area contributed by atoms with E-state index in [4.69, 9.17) is 15.3 Å². The molecule has 0 saturated heterocycles. The summed E-state index contributed by atoms with van der Waals surface area (Å²) in [7, 11) is -1.47. The van der Waals surface area contributed by atoms with E-state index >= 15 is 0 Å². The minimum Gasteiger partial charge on any atom is -0.423 e. The van der Waals surface area contributed by atoms with Crippen molar-refractivity contribution < 1.29 is 10.0 Å². The first kappa shape index (κ1) is 12.1. The normalized spacial score (nSPS) is 10.8. The van der Waals surface area contributed by atoms with Crippen molar-refractivity contribution in [2.45, 2.75) is 19.8 Å². The SMILES string of the molecule is CC(C)c1cc(C#N)c2sc(B(O)O)cc2c1. The number of hydrogen-bond donors (Lipinski definition) is 2. The third kappa shape index (κ3) is 2.20. The number of fused-ring (bicyclic) bond motifs is 1. The molecule has 5 heteroatoms. The number of hydrogen-bond acceptors (Lipinski definition) is 4. The quantitative estimate of drug-likeness (QED) is 0.789. The highest BCUT2D eigenvalue weighted by atomic mass is 32.1. The van der Waals surface area contributed by atoms with Crippen LogP contribution in [-0.4, -0.2) is 17.2 Å². The highest BCUT2D eigenvalue weighted by molar-refractivity contribution is 7.28. The first-order valence-electron chi connectivity index (χ1n) is 5.36. The Kier molecular flexibility index (Phi) is 3.21. The standard InChI is InChI=1S/C12H12BNO2S/c1-7(2)8-3-9-5-11(13(15)16)17-12(9)10(4-8)6-14/h3-5,7,15-16H,1-2H3. The molecule has 2 rings (SSSR count). The molecule has 86 valence electrons. The van der Waals surface area contributed by atoms with Gasteiger partial charge < -0.3 is 10.0 Å². The Labute approximate surface area is 104 Å². The van der Waals surface area contributed by atoms with Gasteiger partial charge in [0.15, 0.2) is 0 Å². The summed E-state index contributed by atoms with van der Waals surface area (Å²) in [5.74, 6) is 0.342. The van der Waals surface area contributed by atoms with Crippen molar-refractivity contribution >= 4 is 33.3 Å². The molecule has 0 unspecified atom stereocenters. The Balaban J connectivity index is 2.71. The van der Waals surface area contributed by atoms with Crippen LogP contribution >= 0.6 is 11.3 Å². The lowest BCUT2D eigenvalue weighted by molar-refractivity contribution is 0.427. The van der Waals surface area contributed by atoms with E-state index in [0.717, 1.165) is 15.6 Å². The van der Waals surface area contributed by atoms with Crippen LogP contribution in [0.15, 0.2) is 18.2 Å². The Bertz CT molecular complexity index is 598. The molecule has 2 aromatic rings. The summed E-state index contributed by atoms with van der Waals surface area (Å²) in [5.41, 5.74) is 1.69. The maximum atomic E-state index is 9.15. The van der Waals surface area contributed by atoms with Crippen molar-refractivity contribution in [2.24, 2.45) is 0 Å². The molecular weight excluding hydrogens is 233 g/mol. The monoisotopic (exact) mass is 245 g/mol. The molecule has 0 amide bonds. The van der Waals surface area contributed by atoms with Crippen molar-refractivity contribution in [3.8, 4) is 6.07 Å². The van der Waals surface area contributed by atoms with Gasteiger partial charge in [0.1, 0.15) is 6.07 Å². The first-order chi connectivity index (χ1) is 8.02. The largest absolute Gasteiger partial charge is 0.499 e. The third-order valence-corrected chi connectivity index (χ3v) is 3.92. The summed E-state index contributed by atoms with van der Waals surface area (Å²) in [4.78, 5) is 0. The van der Waals surface area contributed by atoms with Crippen LogP contribution in [0.4, 0.5) is 0 Å². The molecule has 0 fully saturated rings. The molecule has 17 heavy (non-hydrogen) atoms. The molecule has 1 aromatic heterocycles. The maximum absolute atomic E-state index is 9.15. The van der Waals surface area contributed by atoms with E-state index in [1.807, 2.05) is 12.1 Å². The Hall–Kier alpha value is -1.35. The van der Waals surface area contributed by atoms with Gasteiger partial charge in [0.25, 0.3) is 0 Å². The number of nitrogens with zero attached hydrogens (tertiary/aromatic N) is 1. The van der Waals surface area contributed by atoms with E-state index in [-0.39, 0.29) is 0 Å². The lowest BCUT2D eigenvalue weighted by Crippen LogP contribution is -2.26. The predicted octanol–water partition coefficient (Wildman–Crippen LogP) is 1.58. The van der Waals surface area contributed by atoms with E-state index in [2.05, 4.69) is 19.9 Å². The minimum absolute atomic E-state index is 0.342. The Morgan fingerprint density at radius 1 is 1.29 bits per heavy atom. The number of nitriles is 1. The van der Waals surface area contributed by atoms with Crippen LogP contribution in [0.3, 0.4) is 0 Å². The molecule has 0 bridgehead atoms. The lowest BCUT2D eigenvalue weighted by Gasteiger charge is -2.05. The molecule has 0 spiro atoms. The fourth-order valence-corrected chi connectivity index (χ4v) is 2.72. The zero-order valence-corrected chi connectivity index (χ0v) is 10.5. The summed E-state index contributed by atoms with van der Waals surface area (Å²) in [6.07, 6.45) is 0. The van der Waals surface area contributed by atoms with Crippen LogP contribution in [0.2, 0.25) is 0 Å². The molecular formula is C12H12BNO2S. The zero-order chi connectivity index (χ0) is 12.6. The molecule has 2 N–H and O–H groups in total. The Morgan fingerprint density at radius 2 is 2.00 bits per heavy atom. The van der Waals surface area contributed by atoms with Crippen LogP contribution in [-0.2, 0) is 0 Å². The van der Waals surface area contributed by atoms with Gasteiger partial charge >= 0.3 is 7.12 Å².